The summed E-state index contributed by atoms with van der Waals surface area (Å²) in [6, 6.07) is 1.68. The fourth-order valence-electron chi connectivity index (χ4n) is 1.26. The van der Waals surface area contributed by atoms with E-state index in [0.717, 1.165) is 6.07 Å². The van der Waals surface area contributed by atoms with Crippen molar-refractivity contribution >= 4 is 12.3 Å². The van der Waals surface area contributed by atoms with Gasteiger partial charge in [-0.05, 0) is 12.1 Å². The van der Waals surface area contributed by atoms with Gasteiger partial charge >= 0.3 is 12.6 Å². The van der Waals surface area contributed by atoms with Crippen LogP contribution in [0.2, 0.25) is 0 Å². The van der Waals surface area contributed by atoms with Crippen LogP contribution in [-0.4, -0.2) is 24.0 Å². The Hall–Kier alpha value is -2.05. The number of halogens is 3. The molecule has 0 aromatic heterocycles. The molecule has 0 aliphatic carbocycles. The normalized spacial score (nSPS) is 10.4. The SMILES string of the molecule is O=Cc1cc(F)c(OC(F)F)c(CC(=O)O)c1. The lowest BCUT2D eigenvalue weighted by Crippen LogP contribution is -2.10. The molecule has 0 radical (unpaired) electrons. The third-order valence-corrected chi connectivity index (χ3v) is 1.83. The van der Waals surface area contributed by atoms with E-state index in [1.54, 1.807) is 0 Å². The second kappa shape index (κ2) is 5.33. The fourth-order valence-corrected chi connectivity index (χ4v) is 1.26. The first-order valence-corrected chi connectivity index (χ1v) is 4.38. The molecular formula is C10H7F3O4. The van der Waals surface area contributed by atoms with Gasteiger partial charge in [0.15, 0.2) is 11.6 Å². The highest BCUT2D eigenvalue weighted by atomic mass is 19.3. The van der Waals surface area contributed by atoms with Crippen LogP contribution in [0.25, 0.3) is 0 Å². The largest absolute Gasteiger partial charge is 0.481 e. The molecule has 0 heterocycles. The van der Waals surface area contributed by atoms with E-state index >= 15 is 0 Å². The number of carbonyl (C=O) groups is 2. The molecule has 7 heteroatoms. The number of aldehydes is 1. The lowest BCUT2D eigenvalue weighted by molar-refractivity contribution is -0.136. The van der Waals surface area contributed by atoms with Gasteiger partial charge in [-0.3, -0.25) is 9.59 Å². The van der Waals surface area contributed by atoms with Gasteiger partial charge in [-0.1, -0.05) is 0 Å². The molecule has 0 spiro atoms. The number of hydrogen-bond acceptors (Lipinski definition) is 3. The number of benzene rings is 1. The summed E-state index contributed by atoms with van der Waals surface area (Å²) >= 11 is 0. The maximum Gasteiger partial charge on any atom is 0.387 e. The first kappa shape index (κ1) is 13.0. The third-order valence-electron chi connectivity index (χ3n) is 1.83. The number of ether oxygens (including phenoxy) is 1. The maximum absolute atomic E-state index is 13.3. The Labute approximate surface area is 93.6 Å². The van der Waals surface area contributed by atoms with Crippen molar-refractivity contribution in [1.82, 2.24) is 0 Å². The number of carboxylic acids is 1. The molecule has 0 saturated carbocycles. The molecule has 0 unspecified atom stereocenters. The van der Waals surface area contributed by atoms with Gasteiger partial charge < -0.3 is 9.84 Å². The molecule has 0 amide bonds. The molecule has 0 saturated heterocycles. The average Bonchev–Trinajstić information content (AvgIpc) is 2.21. The Morgan fingerprint density at radius 2 is 2.12 bits per heavy atom. The van der Waals surface area contributed by atoms with Crippen molar-refractivity contribution in [3.63, 3.8) is 0 Å². The van der Waals surface area contributed by atoms with Crippen molar-refractivity contribution in [1.29, 1.82) is 0 Å². The number of rotatable bonds is 5. The fraction of sp³-hybridized carbons (Fsp3) is 0.200. The summed E-state index contributed by atoms with van der Waals surface area (Å²) in [7, 11) is 0. The lowest BCUT2D eigenvalue weighted by Gasteiger charge is -2.11. The minimum absolute atomic E-state index is 0.152. The summed E-state index contributed by atoms with van der Waals surface area (Å²) in [5.74, 6) is -3.41. The predicted octanol–water partition coefficient (Wildman–Crippen LogP) is 1.87. The Bertz CT molecular complexity index is 445. The molecule has 0 aliphatic rings. The molecule has 4 nitrogen and oxygen atoms in total. The minimum Gasteiger partial charge on any atom is -0.481 e. The number of aliphatic carboxylic acids is 1. The average molecular weight is 248 g/mol. The molecule has 92 valence electrons. The predicted molar refractivity (Wildman–Crippen MR) is 49.8 cm³/mol. The summed E-state index contributed by atoms with van der Waals surface area (Å²) < 4.78 is 41.2. The highest BCUT2D eigenvalue weighted by Gasteiger charge is 2.18. The van der Waals surface area contributed by atoms with Crippen molar-refractivity contribution in [3.8, 4) is 5.75 Å². The zero-order valence-electron chi connectivity index (χ0n) is 8.32. The lowest BCUT2D eigenvalue weighted by atomic mass is 10.1. The van der Waals surface area contributed by atoms with E-state index in [2.05, 4.69) is 4.74 Å². The van der Waals surface area contributed by atoms with Gasteiger partial charge in [0.05, 0.1) is 6.42 Å². The Balaban J connectivity index is 3.23. The standard InChI is InChI=1S/C10H7F3O4/c11-7-2-5(4-14)1-6(3-8(15)16)9(7)17-10(12)13/h1-2,4,10H,3H2,(H,15,16). The number of alkyl halides is 2. The van der Waals surface area contributed by atoms with Gasteiger partial charge in [-0.15, -0.1) is 0 Å². The zero-order valence-corrected chi connectivity index (χ0v) is 8.32. The summed E-state index contributed by atoms with van der Waals surface area (Å²) in [4.78, 5) is 20.9. The molecule has 1 aromatic carbocycles. The van der Waals surface area contributed by atoms with E-state index in [9.17, 15) is 22.8 Å². The van der Waals surface area contributed by atoms with Gasteiger partial charge in [0.25, 0.3) is 0 Å². The van der Waals surface area contributed by atoms with Crippen LogP contribution in [-0.2, 0) is 11.2 Å². The summed E-state index contributed by atoms with van der Waals surface area (Å²) in [5, 5.41) is 8.53. The van der Waals surface area contributed by atoms with E-state index in [-0.39, 0.29) is 17.4 Å². The molecule has 0 atom stereocenters. The first-order valence-electron chi connectivity index (χ1n) is 4.38. The Morgan fingerprint density at radius 3 is 2.59 bits per heavy atom. The molecule has 1 aromatic rings. The minimum atomic E-state index is -3.28. The monoisotopic (exact) mass is 248 g/mol. The second-order valence-electron chi connectivity index (χ2n) is 3.06. The second-order valence-corrected chi connectivity index (χ2v) is 3.06. The third kappa shape index (κ3) is 3.47. The van der Waals surface area contributed by atoms with Crippen molar-refractivity contribution in [2.45, 2.75) is 13.0 Å². The first-order chi connectivity index (χ1) is 7.93. The van der Waals surface area contributed by atoms with Crippen LogP contribution >= 0.6 is 0 Å². The van der Waals surface area contributed by atoms with E-state index in [1.807, 2.05) is 0 Å². The quantitative estimate of drug-likeness (QED) is 0.808. The van der Waals surface area contributed by atoms with E-state index < -0.39 is 30.6 Å². The number of carboxylic acid groups (broad SMARTS) is 1. The van der Waals surface area contributed by atoms with Crippen LogP contribution in [0.5, 0.6) is 5.75 Å². The van der Waals surface area contributed by atoms with Gasteiger partial charge in [-0.25, -0.2) is 4.39 Å². The molecule has 0 fully saturated rings. The van der Waals surface area contributed by atoms with E-state index in [4.69, 9.17) is 5.11 Å². The molecular weight excluding hydrogens is 241 g/mol. The van der Waals surface area contributed by atoms with Gasteiger partial charge in [0.1, 0.15) is 6.29 Å². The van der Waals surface area contributed by atoms with Crippen LogP contribution in [0.3, 0.4) is 0 Å². The summed E-state index contributed by atoms with van der Waals surface area (Å²) in [5.41, 5.74) is -0.472. The highest BCUT2D eigenvalue weighted by molar-refractivity contribution is 5.78. The van der Waals surface area contributed by atoms with Crippen molar-refractivity contribution in [3.05, 3.63) is 29.1 Å². The van der Waals surface area contributed by atoms with Crippen molar-refractivity contribution in [2.75, 3.05) is 0 Å². The van der Waals surface area contributed by atoms with Crippen LogP contribution in [0.15, 0.2) is 12.1 Å². The Morgan fingerprint density at radius 1 is 1.47 bits per heavy atom. The number of carbonyl (C=O) groups excluding carboxylic acids is 1. The van der Waals surface area contributed by atoms with Crippen molar-refractivity contribution in [2.24, 2.45) is 0 Å². The topological polar surface area (TPSA) is 63.6 Å². The zero-order chi connectivity index (χ0) is 13.0. The van der Waals surface area contributed by atoms with Crippen LogP contribution < -0.4 is 4.74 Å². The van der Waals surface area contributed by atoms with E-state index in [1.165, 1.54) is 0 Å². The van der Waals surface area contributed by atoms with Crippen LogP contribution in [0.4, 0.5) is 13.2 Å². The highest BCUT2D eigenvalue weighted by Crippen LogP contribution is 2.26. The molecule has 0 bridgehead atoms. The maximum atomic E-state index is 13.3. The van der Waals surface area contributed by atoms with Crippen LogP contribution in [0, 0.1) is 5.82 Å². The molecule has 17 heavy (non-hydrogen) atoms. The van der Waals surface area contributed by atoms with Gasteiger partial charge in [0, 0.05) is 11.1 Å². The molecule has 1 N–H and O–H groups in total. The summed E-state index contributed by atoms with van der Waals surface area (Å²) in [6.07, 6.45) is -0.443. The summed E-state index contributed by atoms with van der Waals surface area (Å²) in [6.45, 7) is -3.28. The number of hydrogen-bond donors (Lipinski definition) is 1. The van der Waals surface area contributed by atoms with Crippen molar-refractivity contribution < 1.29 is 32.6 Å². The molecule has 1 rings (SSSR count). The Kier molecular flexibility index (Phi) is 4.08. The van der Waals surface area contributed by atoms with Crippen LogP contribution in [0.1, 0.15) is 15.9 Å². The molecule has 0 aliphatic heterocycles. The van der Waals surface area contributed by atoms with Gasteiger partial charge in [-0.2, -0.15) is 8.78 Å². The smallest absolute Gasteiger partial charge is 0.387 e. The van der Waals surface area contributed by atoms with E-state index in [0.29, 0.717) is 6.07 Å². The van der Waals surface area contributed by atoms with Gasteiger partial charge in [0.2, 0.25) is 0 Å².